The van der Waals surface area contributed by atoms with Gasteiger partial charge in [-0.1, -0.05) is 0 Å². The van der Waals surface area contributed by atoms with Crippen LogP contribution in [0.5, 0.6) is 0 Å². The Morgan fingerprint density at radius 1 is 1.26 bits per heavy atom. The molecule has 7 nitrogen and oxygen atoms in total. The van der Waals surface area contributed by atoms with Crippen LogP contribution in [0.4, 0.5) is 16.0 Å². The highest BCUT2D eigenvalue weighted by Gasteiger charge is 2.11. The van der Waals surface area contributed by atoms with E-state index in [-0.39, 0.29) is 17.9 Å². The molecule has 120 valence electrons. The van der Waals surface area contributed by atoms with E-state index in [4.69, 9.17) is 4.74 Å². The van der Waals surface area contributed by atoms with E-state index in [2.05, 4.69) is 20.6 Å². The van der Waals surface area contributed by atoms with Crippen LogP contribution in [0, 0.1) is 5.82 Å². The lowest BCUT2D eigenvalue weighted by Crippen LogP contribution is -2.15. The van der Waals surface area contributed by atoms with Gasteiger partial charge in [-0.05, 0) is 24.3 Å². The van der Waals surface area contributed by atoms with Crippen LogP contribution in [0.25, 0.3) is 0 Å². The Labute approximate surface area is 131 Å². The molecule has 2 rings (SSSR count). The van der Waals surface area contributed by atoms with Crippen LogP contribution >= 0.6 is 0 Å². The van der Waals surface area contributed by atoms with Gasteiger partial charge in [0.2, 0.25) is 11.9 Å². The van der Waals surface area contributed by atoms with Gasteiger partial charge in [0.1, 0.15) is 12.4 Å². The number of halogens is 1. The topological polar surface area (TPSA) is 93.2 Å². The number of carbonyl (C=O) groups excluding carboxylic acids is 2. The molecule has 0 fully saturated rings. The summed E-state index contributed by atoms with van der Waals surface area (Å²) < 4.78 is 18.6. The predicted molar refractivity (Wildman–Crippen MR) is 81.5 cm³/mol. The molecule has 23 heavy (non-hydrogen) atoms. The van der Waals surface area contributed by atoms with Gasteiger partial charge in [0.05, 0.1) is 17.8 Å². The van der Waals surface area contributed by atoms with E-state index in [1.165, 1.54) is 19.1 Å². The minimum absolute atomic E-state index is 0.0669. The molecule has 0 saturated heterocycles. The van der Waals surface area contributed by atoms with Crippen molar-refractivity contribution in [2.45, 2.75) is 6.92 Å². The zero-order chi connectivity index (χ0) is 16.7. The summed E-state index contributed by atoms with van der Waals surface area (Å²) in [5.74, 6) is -1.24. The number of nitrogens with zero attached hydrogens (tertiary/aromatic N) is 2. The lowest BCUT2D eigenvalue weighted by molar-refractivity contribution is -0.114. The molecule has 1 heterocycles. The quantitative estimate of drug-likeness (QED) is 0.623. The van der Waals surface area contributed by atoms with Gasteiger partial charge in [-0.25, -0.2) is 19.2 Å². The van der Waals surface area contributed by atoms with Crippen molar-refractivity contribution in [1.29, 1.82) is 0 Å². The van der Waals surface area contributed by atoms with Crippen LogP contribution in [0.2, 0.25) is 0 Å². The molecule has 0 radical (unpaired) electrons. The summed E-state index contributed by atoms with van der Waals surface area (Å²) in [6.07, 6.45) is 3.17. The molecule has 2 N–H and O–H groups in total. The number of carbonyl (C=O) groups is 2. The molecule has 0 atom stereocenters. The van der Waals surface area contributed by atoms with Gasteiger partial charge in [0.15, 0.2) is 0 Å². The summed E-state index contributed by atoms with van der Waals surface area (Å²) >= 11 is 0. The smallest absolute Gasteiger partial charge is 0.338 e. The van der Waals surface area contributed by atoms with Crippen LogP contribution in [-0.2, 0) is 9.53 Å². The summed E-state index contributed by atoms with van der Waals surface area (Å²) in [6.45, 7) is 1.67. The van der Waals surface area contributed by atoms with Gasteiger partial charge in [-0.2, -0.15) is 0 Å². The highest BCUT2D eigenvalue weighted by molar-refractivity contribution is 5.93. The van der Waals surface area contributed by atoms with E-state index in [1.807, 2.05) is 0 Å². The number of aromatic nitrogens is 2. The van der Waals surface area contributed by atoms with E-state index >= 15 is 0 Å². The number of hydrogen-bond donors (Lipinski definition) is 2. The number of anilines is 2. The Morgan fingerprint density at radius 2 is 2.00 bits per heavy atom. The first-order valence-electron chi connectivity index (χ1n) is 6.81. The zero-order valence-corrected chi connectivity index (χ0v) is 12.4. The number of benzene rings is 1. The van der Waals surface area contributed by atoms with E-state index in [0.29, 0.717) is 12.5 Å². The molecular formula is C15H15FN4O3. The van der Waals surface area contributed by atoms with E-state index in [1.54, 1.807) is 18.5 Å². The first-order chi connectivity index (χ1) is 11.1. The molecule has 0 bridgehead atoms. The Balaban J connectivity index is 1.87. The SMILES string of the molecule is CC(=O)Nc1cc(C(=O)OCCNc2ncccn2)ccc1F. The molecule has 0 aliphatic rings. The molecule has 0 saturated carbocycles. The second-order valence-electron chi connectivity index (χ2n) is 4.51. The van der Waals surface area contributed by atoms with Crippen molar-refractivity contribution < 1.29 is 18.7 Å². The Morgan fingerprint density at radius 3 is 2.70 bits per heavy atom. The normalized spacial score (nSPS) is 10.0. The molecule has 0 unspecified atom stereocenters. The number of amides is 1. The number of rotatable bonds is 6. The minimum atomic E-state index is -0.625. The molecule has 0 aliphatic carbocycles. The maximum Gasteiger partial charge on any atom is 0.338 e. The van der Waals surface area contributed by atoms with Crippen LogP contribution in [0.15, 0.2) is 36.7 Å². The fourth-order valence-electron chi connectivity index (χ4n) is 1.72. The maximum atomic E-state index is 13.5. The van der Waals surface area contributed by atoms with Gasteiger partial charge in [-0.15, -0.1) is 0 Å². The summed E-state index contributed by atoms with van der Waals surface area (Å²) in [4.78, 5) is 30.8. The summed E-state index contributed by atoms with van der Waals surface area (Å²) in [6, 6.07) is 5.30. The Bertz CT molecular complexity index is 694. The lowest BCUT2D eigenvalue weighted by atomic mass is 10.2. The third kappa shape index (κ3) is 5.03. The molecule has 2 aromatic rings. The number of esters is 1. The van der Waals surface area contributed by atoms with Crippen molar-refractivity contribution >= 4 is 23.5 Å². The number of hydrogen-bond acceptors (Lipinski definition) is 6. The van der Waals surface area contributed by atoms with Gasteiger partial charge in [0, 0.05) is 19.3 Å². The Hall–Kier alpha value is -3.03. The molecule has 0 spiro atoms. The second-order valence-corrected chi connectivity index (χ2v) is 4.51. The average molecular weight is 318 g/mol. The first kappa shape index (κ1) is 16.3. The monoisotopic (exact) mass is 318 g/mol. The maximum absolute atomic E-state index is 13.5. The summed E-state index contributed by atoms with van der Waals surface area (Å²) in [5.41, 5.74) is 0.0777. The van der Waals surface area contributed by atoms with Gasteiger partial charge >= 0.3 is 5.97 Å². The fourth-order valence-corrected chi connectivity index (χ4v) is 1.72. The van der Waals surface area contributed by atoms with E-state index in [0.717, 1.165) is 6.07 Å². The van der Waals surface area contributed by atoms with Crippen LogP contribution in [0.1, 0.15) is 17.3 Å². The first-order valence-corrected chi connectivity index (χ1v) is 6.81. The largest absolute Gasteiger partial charge is 0.460 e. The summed E-state index contributed by atoms with van der Waals surface area (Å²) in [7, 11) is 0. The van der Waals surface area contributed by atoms with Crippen molar-refractivity contribution in [3.05, 3.63) is 48.0 Å². The second kappa shape index (κ2) is 7.83. The highest BCUT2D eigenvalue weighted by Crippen LogP contribution is 2.16. The third-order valence-corrected chi connectivity index (χ3v) is 2.70. The van der Waals surface area contributed by atoms with E-state index < -0.39 is 17.7 Å². The van der Waals surface area contributed by atoms with Gasteiger partial charge in [-0.3, -0.25) is 4.79 Å². The molecule has 1 aromatic heterocycles. The molecule has 8 heteroatoms. The van der Waals surface area contributed by atoms with Crippen LogP contribution in [-0.4, -0.2) is 35.0 Å². The van der Waals surface area contributed by atoms with E-state index in [9.17, 15) is 14.0 Å². The van der Waals surface area contributed by atoms with Crippen molar-refractivity contribution in [2.75, 3.05) is 23.8 Å². The summed E-state index contributed by atoms with van der Waals surface area (Å²) in [5, 5.41) is 5.19. The molecule has 1 amide bonds. The minimum Gasteiger partial charge on any atom is -0.460 e. The molecule has 1 aromatic carbocycles. The van der Waals surface area contributed by atoms with Gasteiger partial charge < -0.3 is 15.4 Å². The third-order valence-electron chi connectivity index (χ3n) is 2.70. The van der Waals surface area contributed by atoms with Crippen molar-refractivity contribution in [2.24, 2.45) is 0 Å². The number of nitrogens with one attached hydrogen (secondary N) is 2. The molecule has 0 aliphatic heterocycles. The van der Waals surface area contributed by atoms with Crippen molar-refractivity contribution in [3.8, 4) is 0 Å². The highest BCUT2D eigenvalue weighted by atomic mass is 19.1. The molecular weight excluding hydrogens is 303 g/mol. The standard InChI is InChI=1S/C15H15FN4O3/c1-10(21)20-13-9-11(3-4-12(13)16)14(22)23-8-7-19-15-17-5-2-6-18-15/h2-6,9H,7-8H2,1H3,(H,20,21)(H,17,18,19). The predicted octanol–water partition coefficient (Wildman–Crippen LogP) is 1.84. The fraction of sp³-hybridized carbons (Fsp3) is 0.200. The van der Waals surface area contributed by atoms with Crippen molar-refractivity contribution in [1.82, 2.24) is 9.97 Å². The lowest BCUT2D eigenvalue weighted by Gasteiger charge is -2.08. The van der Waals surface area contributed by atoms with Crippen molar-refractivity contribution in [3.63, 3.8) is 0 Å². The van der Waals surface area contributed by atoms with Crippen LogP contribution in [0.3, 0.4) is 0 Å². The average Bonchev–Trinajstić information content (AvgIpc) is 2.54. The van der Waals surface area contributed by atoms with Crippen LogP contribution < -0.4 is 10.6 Å². The van der Waals surface area contributed by atoms with Gasteiger partial charge in [0.25, 0.3) is 0 Å². The zero-order valence-electron chi connectivity index (χ0n) is 12.4. The Kier molecular flexibility index (Phi) is 5.56. The number of ether oxygens (including phenoxy) is 1.